The first-order chi connectivity index (χ1) is 11.4. The summed E-state index contributed by atoms with van der Waals surface area (Å²) in [5, 5.41) is 0. The zero-order chi connectivity index (χ0) is 16.6. The van der Waals surface area contributed by atoms with Crippen LogP contribution in [-0.2, 0) is 4.74 Å². The molecule has 0 fully saturated rings. The molecule has 0 spiro atoms. The van der Waals surface area contributed by atoms with Crippen molar-refractivity contribution in [2.75, 3.05) is 13.7 Å². The monoisotopic (exact) mass is 316 g/mol. The molecule has 0 amide bonds. The third kappa shape index (κ3) is 10.8. The van der Waals surface area contributed by atoms with Crippen LogP contribution in [0.4, 0.5) is 0 Å². The molecule has 2 radical (unpaired) electrons. The fraction of sp³-hybridized carbons (Fsp3) is 0.619. The lowest BCUT2D eigenvalue weighted by Crippen LogP contribution is -1.97. The molecule has 0 saturated heterocycles. The Bertz CT molecular complexity index is 412. The van der Waals surface area contributed by atoms with E-state index >= 15 is 0 Å². The van der Waals surface area contributed by atoms with Crippen LogP contribution in [0.25, 0.3) is 6.08 Å². The molecule has 0 aliphatic carbocycles. The average Bonchev–Trinajstić information content (AvgIpc) is 2.58. The van der Waals surface area contributed by atoms with E-state index in [9.17, 15) is 0 Å². The number of benzene rings is 1. The molecule has 0 saturated carbocycles. The van der Waals surface area contributed by atoms with E-state index in [0.29, 0.717) is 0 Å². The largest absolute Gasteiger partial charge is 0.493 e. The van der Waals surface area contributed by atoms with Crippen LogP contribution in [0.2, 0.25) is 0 Å². The molecule has 2 heteroatoms. The Morgan fingerprint density at radius 3 is 2.30 bits per heavy atom. The number of methoxy groups -OCH3 is 1. The van der Waals surface area contributed by atoms with E-state index in [1.807, 2.05) is 18.2 Å². The first-order valence-electron chi connectivity index (χ1n) is 9.13. The van der Waals surface area contributed by atoms with Gasteiger partial charge < -0.3 is 9.47 Å². The topological polar surface area (TPSA) is 18.5 Å². The van der Waals surface area contributed by atoms with Gasteiger partial charge in [0.2, 0.25) is 0 Å². The van der Waals surface area contributed by atoms with Crippen molar-refractivity contribution in [3.63, 3.8) is 0 Å². The van der Waals surface area contributed by atoms with Crippen molar-refractivity contribution in [3.8, 4) is 5.75 Å². The second-order valence-corrected chi connectivity index (χ2v) is 5.98. The van der Waals surface area contributed by atoms with Crippen molar-refractivity contribution in [1.82, 2.24) is 0 Å². The van der Waals surface area contributed by atoms with E-state index < -0.39 is 0 Å². The molecule has 1 rings (SSSR count). The SMILES string of the molecule is CCCCCCCCCCCCOc1[c]ccc(C=[C]OC)c1. The van der Waals surface area contributed by atoms with Crippen LogP contribution < -0.4 is 4.74 Å². The van der Waals surface area contributed by atoms with Gasteiger partial charge in [-0.15, -0.1) is 0 Å². The van der Waals surface area contributed by atoms with Crippen LogP contribution >= 0.6 is 0 Å². The minimum atomic E-state index is 0.772. The van der Waals surface area contributed by atoms with Crippen LogP contribution in [0.3, 0.4) is 0 Å². The maximum atomic E-state index is 5.75. The molecule has 1 aromatic rings. The third-order valence-corrected chi connectivity index (χ3v) is 3.90. The van der Waals surface area contributed by atoms with Gasteiger partial charge >= 0.3 is 0 Å². The second kappa shape index (κ2) is 14.2. The predicted molar refractivity (Wildman–Crippen MR) is 97.3 cm³/mol. The minimum Gasteiger partial charge on any atom is -0.493 e. The quantitative estimate of drug-likeness (QED) is 0.300. The van der Waals surface area contributed by atoms with E-state index in [4.69, 9.17) is 9.47 Å². The zero-order valence-corrected chi connectivity index (χ0v) is 14.9. The summed E-state index contributed by atoms with van der Waals surface area (Å²) in [6.45, 7) is 3.04. The highest BCUT2D eigenvalue weighted by Gasteiger charge is 1.97. The summed E-state index contributed by atoms with van der Waals surface area (Å²) in [4.78, 5) is 0. The average molecular weight is 316 g/mol. The molecule has 128 valence electrons. The summed E-state index contributed by atoms with van der Waals surface area (Å²) in [7, 11) is 1.59. The zero-order valence-electron chi connectivity index (χ0n) is 14.9. The number of hydrogen-bond donors (Lipinski definition) is 0. The van der Waals surface area contributed by atoms with Gasteiger partial charge in [-0.3, -0.25) is 0 Å². The van der Waals surface area contributed by atoms with E-state index in [1.54, 1.807) is 13.2 Å². The number of unbranched alkanes of at least 4 members (excludes halogenated alkanes) is 9. The highest BCUT2D eigenvalue weighted by Crippen LogP contribution is 2.15. The summed E-state index contributed by atoms with van der Waals surface area (Å²) in [5.41, 5.74) is 1.02. The van der Waals surface area contributed by atoms with Gasteiger partial charge in [0.05, 0.1) is 13.7 Å². The lowest BCUT2D eigenvalue weighted by molar-refractivity contribution is 0.303. The lowest BCUT2D eigenvalue weighted by Gasteiger charge is -2.06. The van der Waals surface area contributed by atoms with Gasteiger partial charge in [0.15, 0.2) is 6.26 Å². The molecule has 0 aliphatic rings. The Morgan fingerprint density at radius 2 is 1.65 bits per heavy atom. The summed E-state index contributed by atoms with van der Waals surface area (Å²) >= 11 is 0. The minimum absolute atomic E-state index is 0.772. The molecule has 0 atom stereocenters. The molecule has 23 heavy (non-hydrogen) atoms. The van der Waals surface area contributed by atoms with E-state index in [2.05, 4.69) is 19.3 Å². The second-order valence-electron chi connectivity index (χ2n) is 5.98. The fourth-order valence-corrected chi connectivity index (χ4v) is 2.53. The van der Waals surface area contributed by atoms with Crippen LogP contribution in [0.15, 0.2) is 18.2 Å². The van der Waals surface area contributed by atoms with Gasteiger partial charge in [-0.25, -0.2) is 0 Å². The normalized spacial score (nSPS) is 11.0. The molecule has 0 N–H and O–H groups in total. The fourth-order valence-electron chi connectivity index (χ4n) is 2.53. The van der Waals surface area contributed by atoms with Crippen molar-refractivity contribution < 1.29 is 9.47 Å². The first kappa shape index (κ1) is 19.6. The summed E-state index contributed by atoms with van der Waals surface area (Å²) in [6.07, 6.45) is 17.9. The van der Waals surface area contributed by atoms with E-state index in [-0.39, 0.29) is 0 Å². The summed E-state index contributed by atoms with van der Waals surface area (Å²) in [5.74, 6) is 0.799. The van der Waals surface area contributed by atoms with Crippen LogP contribution in [0, 0.1) is 12.3 Å². The van der Waals surface area contributed by atoms with E-state index in [1.165, 1.54) is 57.8 Å². The van der Waals surface area contributed by atoms with Gasteiger partial charge in [0, 0.05) is 6.07 Å². The van der Waals surface area contributed by atoms with Crippen molar-refractivity contribution in [2.45, 2.75) is 71.1 Å². The molecule has 1 aromatic carbocycles. The molecule has 0 aromatic heterocycles. The molecule has 0 aliphatic heterocycles. The van der Waals surface area contributed by atoms with Gasteiger partial charge in [0.25, 0.3) is 0 Å². The van der Waals surface area contributed by atoms with Gasteiger partial charge in [-0.05, 0) is 30.2 Å². The molecule has 0 bridgehead atoms. The Kier molecular flexibility index (Phi) is 12.1. The van der Waals surface area contributed by atoms with Gasteiger partial charge in [0.1, 0.15) is 5.75 Å². The van der Waals surface area contributed by atoms with Crippen molar-refractivity contribution in [1.29, 1.82) is 0 Å². The van der Waals surface area contributed by atoms with Gasteiger partial charge in [-0.2, -0.15) is 0 Å². The van der Waals surface area contributed by atoms with Crippen molar-refractivity contribution >= 4 is 6.08 Å². The Balaban J connectivity index is 1.99. The van der Waals surface area contributed by atoms with Crippen LogP contribution in [0.5, 0.6) is 5.75 Å². The number of ether oxygens (including phenoxy) is 2. The lowest BCUT2D eigenvalue weighted by atomic mass is 10.1. The number of rotatable bonds is 14. The Labute approximate surface area is 142 Å². The van der Waals surface area contributed by atoms with Crippen LogP contribution in [0.1, 0.15) is 76.7 Å². The van der Waals surface area contributed by atoms with Gasteiger partial charge in [-0.1, -0.05) is 70.8 Å². The smallest absolute Gasteiger partial charge is 0.161 e. The van der Waals surface area contributed by atoms with E-state index in [0.717, 1.165) is 24.3 Å². The predicted octanol–water partition coefficient (Wildman–Crippen LogP) is 6.21. The third-order valence-electron chi connectivity index (χ3n) is 3.90. The maximum Gasteiger partial charge on any atom is 0.161 e. The Hall–Kier alpha value is -1.44. The standard InChI is InChI=1S/C21H32O2/c1-3-4-5-6-7-8-9-10-11-12-17-23-21-15-13-14-20(19-21)16-18-22-2/h13-14,16,19H,3-12,17H2,1-2H3. The maximum absolute atomic E-state index is 5.75. The van der Waals surface area contributed by atoms with Crippen molar-refractivity contribution in [3.05, 3.63) is 36.1 Å². The highest BCUT2D eigenvalue weighted by atomic mass is 16.5. The molecule has 0 heterocycles. The molecular formula is C21H32O2. The van der Waals surface area contributed by atoms with Crippen LogP contribution in [-0.4, -0.2) is 13.7 Å². The first-order valence-corrected chi connectivity index (χ1v) is 9.13. The Morgan fingerprint density at radius 1 is 1.00 bits per heavy atom. The summed E-state index contributed by atoms with van der Waals surface area (Å²) in [6, 6.07) is 8.90. The van der Waals surface area contributed by atoms with Crippen molar-refractivity contribution in [2.24, 2.45) is 0 Å². The molecular weight excluding hydrogens is 284 g/mol. The highest BCUT2D eigenvalue weighted by molar-refractivity contribution is 5.49. The molecule has 2 nitrogen and oxygen atoms in total. The summed E-state index contributed by atoms with van der Waals surface area (Å²) < 4.78 is 10.6. The number of hydrogen-bond acceptors (Lipinski definition) is 2. The molecule has 0 unspecified atom stereocenters.